The van der Waals surface area contributed by atoms with Crippen molar-refractivity contribution in [3.63, 3.8) is 0 Å². The number of carbonyl (C=O) groups excluding carboxylic acids is 3. The molecule has 312 valence electrons. The van der Waals surface area contributed by atoms with E-state index in [2.05, 4.69) is 56.4 Å². The largest absolute Gasteiger partial charge is 0.544 e. The lowest BCUT2D eigenvalue weighted by Gasteiger charge is -2.34. The molecule has 0 fully saturated rings. The van der Waals surface area contributed by atoms with Crippen LogP contribution in [0.25, 0.3) is 0 Å². The SMILES string of the molecule is CCC/C=C/C=C/C=C/C=C/C=C/CCCCCCCC(=O)OC(COCCC(C(=O)[O-])[N+](C)(C)C)COC(=O)CC/C=C/C/C=C/CCCCCCCC. The highest BCUT2D eigenvalue weighted by Gasteiger charge is 2.25. The number of hydrogen-bond donors (Lipinski definition) is 0. The molecule has 0 radical (unpaired) electrons. The Kier molecular flexibility index (Phi) is 35.1. The van der Waals surface area contributed by atoms with Gasteiger partial charge >= 0.3 is 11.9 Å². The number of esters is 2. The maximum atomic E-state index is 12.7. The molecular weight excluding hydrogens is 691 g/mol. The fourth-order valence-corrected chi connectivity index (χ4v) is 5.56. The van der Waals surface area contributed by atoms with Crippen molar-refractivity contribution < 1.29 is 38.2 Å². The highest BCUT2D eigenvalue weighted by molar-refractivity contribution is 5.70. The van der Waals surface area contributed by atoms with Crippen LogP contribution in [0, 0.1) is 0 Å². The molecular formula is C47H77NO7. The molecule has 8 nitrogen and oxygen atoms in total. The Hall–Kier alpha value is -3.49. The predicted octanol–water partition coefficient (Wildman–Crippen LogP) is 10.0. The number of likely N-dealkylation sites (N-methyl/N-ethyl adjacent to an activating group) is 1. The molecule has 0 aromatic rings. The number of aliphatic carboxylic acids is 1. The smallest absolute Gasteiger partial charge is 0.306 e. The Labute approximate surface area is 335 Å². The zero-order chi connectivity index (χ0) is 40.7. The van der Waals surface area contributed by atoms with Crippen LogP contribution in [-0.2, 0) is 28.6 Å². The summed E-state index contributed by atoms with van der Waals surface area (Å²) < 4.78 is 17.0. The lowest BCUT2D eigenvalue weighted by Crippen LogP contribution is -2.55. The van der Waals surface area contributed by atoms with Crippen molar-refractivity contribution in [3.8, 4) is 0 Å². The number of ether oxygens (including phenoxy) is 3. The highest BCUT2D eigenvalue weighted by Crippen LogP contribution is 2.12. The summed E-state index contributed by atoms with van der Waals surface area (Å²) in [6.45, 7) is 4.45. The van der Waals surface area contributed by atoms with E-state index in [-0.39, 0.29) is 55.5 Å². The van der Waals surface area contributed by atoms with Crippen LogP contribution in [-0.4, -0.2) is 75.5 Å². The quantitative estimate of drug-likeness (QED) is 0.0206. The minimum Gasteiger partial charge on any atom is -0.544 e. The molecule has 0 spiro atoms. The Morgan fingerprint density at radius 3 is 1.71 bits per heavy atom. The van der Waals surface area contributed by atoms with Gasteiger partial charge in [0.25, 0.3) is 0 Å². The van der Waals surface area contributed by atoms with Gasteiger partial charge in [0.05, 0.1) is 40.3 Å². The van der Waals surface area contributed by atoms with Crippen LogP contribution in [0.4, 0.5) is 0 Å². The minimum absolute atomic E-state index is 0.00761. The van der Waals surface area contributed by atoms with Crippen molar-refractivity contribution >= 4 is 17.9 Å². The second kappa shape index (κ2) is 37.4. The van der Waals surface area contributed by atoms with Crippen molar-refractivity contribution in [1.29, 1.82) is 0 Å². The minimum atomic E-state index is -1.14. The van der Waals surface area contributed by atoms with Crippen molar-refractivity contribution in [3.05, 3.63) is 85.1 Å². The number of unbranched alkanes of at least 4 members (excludes halogenated alkanes) is 12. The fraction of sp³-hybridized carbons (Fsp3) is 0.638. The number of rotatable bonds is 36. The van der Waals surface area contributed by atoms with E-state index in [1.807, 2.05) is 42.5 Å². The Morgan fingerprint density at radius 1 is 0.564 bits per heavy atom. The summed E-state index contributed by atoms with van der Waals surface area (Å²) in [5.74, 6) is -1.87. The van der Waals surface area contributed by atoms with Gasteiger partial charge in [-0.1, -0.05) is 157 Å². The lowest BCUT2D eigenvalue weighted by molar-refractivity contribution is -0.889. The molecule has 0 aliphatic carbocycles. The van der Waals surface area contributed by atoms with Gasteiger partial charge in [0.1, 0.15) is 12.6 Å². The molecule has 0 saturated carbocycles. The van der Waals surface area contributed by atoms with E-state index in [4.69, 9.17) is 14.2 Å². The van der Waals surface area contributed by atoms with E-state index in [1.165, 1.54) is 44.9 Å². The summed E-state index contributed by atoms with van der Waals surface area (Å²) in [6.07, 6.45) is 47.6. The highest BCUT2D eigenvalue weighted by atomic mass is 16.6. The van der Waals surface area contributed by atoms with Crippen LogP contribution < -0.4 is 5.11 Å². The zero-order valence-electron chi connectivity index (χ0n) is 35.3. The molecule has 0 rings (SSSR count). The molecule has 0 aromatic heterocycles. The molecule has 0 N–H and O–H groups in total. The van der Waals surface area contributed by atoms with Crippen LogP contribution >= 0.6 is 0 Å². The van der Waals surface area contributed by atoms with Crippen molar-refractivity contribution in [1.82, 2.24) is 0 Å². The Morgan fingerprint density at radius 2 is 1.11 bits per heavy atom. The van der Waals surface area contributed by atoms with Gasteiger partial charge in [-0.3, -0.25) is 9.59 Å². The van der Waals surface area contributed by atoms with E-state index in [1.54, 1.807) is 21.1 Å². The molecule has 8 heteroatoms. The van der Waals surface area contributed by atoms with Gasteiger partial charge in [-0.25, -0.2) is 0 Å². The molecule has 2 atom stereocenters. The first-order valence-electron chi connectivity index (χ1n) is 21.2. The average Bonchev–Trinajstić information content (AvgIpc) is 3.14. The summed E-state index contributed by atoms with van der Waals surface area (Å²) in [5, 5.41) is 11.6. The van der Waals surface area contributed by atoms with Gasteiger partial charge in [0.2, 0.25) is 0 Å². The molecule has 0 aliphatic heterocycles. The maximum Gasteiger partial charge on any atom is 0.306 e. The van der Waals surface area contributed by atoms with Crippen LogP contribution in [0.3, 0.4) is 0 Å². The normalized spacial score (nSPS) is 13.8. The number of nitrogens with zero attached hydrogens (tertiary/aromatic N) is 1. The van der Waals surface area contributed by atoms with Crippen LogP contribution in [0.1, 0.15) is 142 Å². The van der Waals surface area contributed by atoms with Gasteiger partial charge in [0, 0.05) is 19.3 Å². The Balaban J connectivity index is 4.52. The number of carboxylic acid groups (broad SMARTS) is 1. The zero-order valence-corrected chi connectivity index (χ0v) is 35.3. The van der Waals surface area contributed by atoms with Gasteiger partial charge in [-0.05, 0) is 51.4 Å². The molecule has 0 heterocycles. The summed E-state index contributed by atoms with van der Waals surface area (Å²) in [4.78, 5) is 36.8. The molecule has 0 saturated heterocycles. The van der Waals surface area contributed by atoms with E-state index in [0.717, 1.165) is 57.8 Å². The fourth-order valence-electron chi connectivity index (χ4n) is 5.56. The summed E-state index contributed by atoms with van der Waals surface area (Å²) in [7, 11) is 5.37. The lowest BCUT2D eigenvalue weighted by atomic mass is 10.1. The van der Waals surface area contributed by atoms with Crippen LogP contribution in [0.2, 0.25) is 0 Å². The number of carboxylic acids is 1. The topological polar surface area (TPSA) is 102 Å². The third-order valence-corrected chi connectivity index (χ3v) is 8.88. The van der Waals surface area contributed by atoms with E-state index >= 15 is 0 Å². The second-order valence-corrected chi connectivity index (χ2v) is 15.0. The third-order valence-electron chi connectivity index (χ3n) is 8.88. The molecule has 0 amide bonds. The predicted molar refractivity (Wildman–Crippen MR) is 226 cm³/mol. The van der Waals surface area contributed by atoms with Crippen LogP contribution in [0.5, 0.6) is 0 Å². The van der Waals surface area contributed by atoms with Crippen molar-refractivity contribution in [2.24, 2.45) is 0 Å². The van der Waals surface area contributed by atoms with Gasteiger partial charge < -0.3 is 28.6 Å². The van der Waals surface area contributed by atoms with E-state index in [9.17, 15) is 19.5 Å². The standard InChI is InChI=1S/C47H77NO7/c1-6-8-10-12-14-16-18-20-21-22-23-24-26-28-30-32-34-36-38-46(50)55-43(41-53-40-39-44(47(51)52)48(3,4)5)42-54-45(49)37-35-33-31-29-27-25-19-17-15-13-11-9-7-2/h10,12,14,16,18,20-25,27,31,33,43-44H,6-9,11,13,15,17,19,26,28-30,32,34-42H2,1-5H3/b12-10+,16-14+,20-18+,22-21+,24-23+,27-25+,33-31+. The van der Waals surface area contributed by atoms with Gasteiger partial charge in [-0.15, -0.1) is 0 Å². The summed E-state index contributed by atoms with van der Waals surface area (Å²) in [5.41, 5.74) is 0. The molecule has 0 aromatic carbocycles. The number of allylic oxidation sites excluding steroid dienone is 14. The Bertz CT molecular complexity index is 1170. The summed E-state index contributed by atoms with van der Waals surface area (Å²) in [6, 6.07) is -0.742. The van der Waals surface area contributed by atoms with Gasteiger partial charge in [0.15, 0.2) is 6.10 Å². The third kappa shape index (κ3) is 35.9. The van der Waals surface area contributed by atoms with Crippen LogP contribution in [0.15, 0.2) is 85.1 Å². The number of quaternary nitrogens is 1. The molecule has 0 aliphatic rings. The van der Waals surface area contributed by atoms with Gasteiger partial charge in [-0.2, -0.15) is 0 Å². The van der Waals surface area contributed by atoms with Crippen molar-refractivity contribution in [2.75, 3.05) is 41.0 Å². The molecule has 55 heavy (non-hydrogen) atoms. The monoisotopic (exact) mass is 768 g/mol. The van der Waals surface area contributed by atoms with E-state index in [0.29, 0.717) is 6.42 Å². The van der Waals surface area contributed by atoms with Crippen molar-refractivity contribution in [2.45, 2.75) is 154 Å². The maximum absolute atomic E-state index is 12.7. The first-order chi connectivity index (χ1) is 26.6. The van der Waals surface area contributed by atoms with E-state index < -0.39 is 18.1 Å². The second-order valence-electron chi connectivity index (χ2n) is 15.0. The average molecular weight is 768 g/mol. The number of carbonyl (C=O) groups is 3. The number of hydrogen-bond acceptors (Lipinski definition) is 7. The first kappa shape index (κ1) is 51.5. The first-order valence-corrected chi connectivity index (χ1v) is 21.2. The summed E-state index contributed by atoms with van der Waals surface area (Å²) >= 11 is 0. The molecule has 0 bridgehead atoms. The molecule has 2 unspecified atom stereocenters.